The van der Waals surface area contributed by atoms with Gasteiger partial charge in [-0.05, 0) is 24.2 Å². The quantitative estimate of drug-likeness (QED) is 0.745. The first-order valence-corrected chi connectivity index (χ1v) is 7.58. The van der Waals surface area contributed by atoms with Crippen LogP contribution in [0, 0.1) is 0 Å². The zero-order valence-electron chi connectivity index (χ0n) is 11.3. The lowest BCUT2D eigenvalue weighted by Crippen LogP contribution is -2.16. The zero-order valence-corrected chi connectivity index (χ0v) is 12.9. The van der Waals surface area contributed by atoms with Gasteiger partial charge < -0.3 is 15.9 Å². The fourth-order valence-electron chi connectivity index (χ4n) is 2.00. The van der Waals surface area contributed by atoms with Gasteiger partial charge >= 0.3 is 11.9 Å². The van der Waals surface area contributed by atoms with Crippen LogP contribution in [0.1, 0.15) is 28.4 Å². The van der Waals surface area contributed by atoms with E-state index in [1.807, 2.05) is 0 Å². The molecule has 0 aliphatic carbocycles. The molecule has 8 heteroatoms. The summed E-state index contributed by atoms with van der Waals surface area (Å²) in [6.07, 6.45) is -0.0875. The smallest absolute Gasteiger partial charge is 0.355 e. The van der Waals surface area contributed by atoms with Gasteiger partial charge in [0.25, 0.3) is 0 Å². The molecule has 1 atom stereocenters. The van der Waals surface area contributed by atoms with E-state index in [9.17, 15) is 9.59 Å². The van der Waals surface area contributed by atoms with Gasteiger partial charge in [0, 0.05) is 16.9 Å². The summed E-state index contributed by atoms with van der Waals surface area (Å²) in [7, 11) is 0. The van der Waals surface area contributed by atoms with Crippen LogP contribution in [0.15, 0.2) is 23.6 Å². The lowest BCUT2D eigenvalue weighted by Gasteiger charge is -2.14. The molecule has 0 radical (unpaired) electrons. The minimum Gasteiger partial charge on any atom is -0.481 e. The summed E-state index contributed by atoms with van der Waals surface area (Å²) < 4.78 is 0. The fraction of sp³-hybridized carbons (Fsp3) is 0.214. The molecule has 6 nitrogen and oxygen atoms in total. The summed E-state index contributed by atoms with van der Waals surface area (Å²) in [5.41, 5.74) is 6.89. The molecule has 2 rings (SSSR count). The molecule has 0 saturated heterocycles. The van der Waals surface area contributed by atoms with Crippen molar-refractivity contribution in [3.8, 4) is 10.6 Å². The monoisotopic (exact) mass is 340 g/mol. The molecule has 0 amide bonds. The van der Waals surface area contributed by atoms with Crippen LogP contribution in [0.2, 0.25) is 5.02 Å². The third-order valence-electron chi connectivity index (χ3n) is 3.12. The highest BCUT2D eigenvalue weighted by Gasteiger charge is 2.18. The molecule has 22 heavy (non-hydrogen) atoms. The maximum absolute atomic E-state index is 10.9. The second kappa shape index (κ2) is 6.87. The third kappa shape index (κ3) is 3.62. The van der Waals surface area contributed by atoms with Crippen molar-refractivity contribution in [3.63, 3.8) is 0 Å². The van der Waals surface area contributed by atoms with Gasteiger partial charge in [-0.1, -0.05) is 17.7 Å². The third-order valence-corrected chi connectivity index (χ3v) is 4.33. The van der Waals surface area contributed by atoms with Crippen LogP contribution in [0.5, 0.6) is 0 Å². The largest absolute Gasteiger partial charge is 0.481 e. The minimum atomic E-state index is -1.11. The van der Waals surface area contributed by atoms with Crippen LogP contribution < -0.4 is 5.73 Å². The molecule has 116 valence electrons. The number of halogens is 1. The highest BCUT2D eigenvalue weighted by Crippen LogP contribution is 2.33. The number of benzene rings is 1. The Hall–Kier alpha value is -1.96. The van der Waals surface area contributed by atoms with E-state index in [0.29, 0.717) is 15.6 Å². The number of carboxylic acid groups (broad SMARTS) is 2. The molecule has 1 heterocycles. The van der Waals surface area contributed by atoms with Gasteiger partial charge in [0.05, 0.1) is 11.4 Å². The number of hydrogen-bond acceptors (Lipinski definition) is 5. The summed E-state index contributed by atoms with van der Waals surface area (Å²) in [4.78, 5) is 25.8. The van der Waals surface area contributed by atoms with Gasteiger partial charge in [0.1, 0.15) is 5.01 Å². The molecule has 4 N–H and O–H groups in total. The summed E-state index contributed by atoms with van der Waals surface area (Å²) >= 11 is 7.31. The van der Waals surface area contributed by atoms with Crippen LogP contribution in [-0.2, 0) is 4.79 Å². The molecule has 0 aliphatic rings. The molecule has 0 unspecified atom stereocenters. The van der Waals surface area contributed by atoms with E-state index in [2.05, 4.69) is 4.98 Å². The molecule has 0 saturated carbocycles. The zero-order chi connectivity index (χ0) is 16.3. The van der Waals surface area contributed by atoms with Crippen LogP contribution in [-0.4, -0.2) is 33.7 Å². The van der Waals surface area contributed by atoms with Crippen molar-refractivity contribution in [3.05, 3.63) is 39.9 Å². The van der Waals surface area contributed by atoms with E-state index in [1.165, 1.54) is 5.38 Å². The first-order chi connectivity index (χ1) is 10.4. The Morgan fingerprint density at radius 2 is 2.09 bits per heavy atom. The van der Waals surface area contributed by atoms with Crippen molar-refractivity contribution >= 4 is 34.9 Å². The standard InChI is InChI=1S/C14H13ClN2O4S/c15-10-2-1-7(8(5-16)4-12(18)19)3-9(10)13-17-11(6-22-13)14(20)21/h1-3,6,8H,4-5,16H2,(H,18,19)(H,20,21)/t8-/m0/s1. The van der Waals surface area contributed by atoms with E-state index in [0.717, 1.165) is 16.9 Å². The van der Waals surface area contributed by atoms with E-state index in [1.54, 1.807) is 18.2 Å². The fourth-order valence-corrected chi connectivity index (χ4v) is 3.09. The van der Waals surface area contributed by atoms with E-state index < -0.39 is 11.9 Å². The topological polar surface area (TPSA) is 114 Å². The van der Waals surface area contributed by atoms with Crippen molar-refractivity contribution in [2.45, 2.75) is 12.3 Å². The average Bonchev–Trinajstić information content (AvgIpc) is 2.95. The van der Waals surface area contributed by atoms with Gasteiger partial charge in [0.15, 0.2) is 5.69 Å². The Morgan fingerprint density at radius 3 is 2.64 bits per heavy atom. The highest BCUT2D eigenvalue weighted by atomic mass is 35.5. The van der Waals surface area contributed by atoms with Crippen LogP contribution in [0.25, 0.3) is 10.6 Å². The SMILES string of the molecule is NC[C@H](CC(=O)O)c1ccc(Cl)c(-c2nc(C(=O)O)cs2)c1. The summed E-state index contributed by atoms with van der Waals surface area (Å²) in [6, 6.07) is 5.07. The summed E-state index contributed by atoms with van der Waals surface area (Å²) in [6.45, 7) is 0.186. The first kappa shape index (κ1) is 16.4. The number of aliphatic carboxylic acids is 1. The number of carbonyl (C=O) groups is 2. The number of nitrogens with zero attached hydrogens (tertiary/aromatic N) is 1. The van der Waals surface area contributed by atoms with Crippen LogP contribution in [0.3, 0.4) is 0 Å². The maximum atomic E-state index is 10.9. The van der Waals surface area contributed by atoms with Crippen LogP contribution >= 0.6 is 22.9 Å². The number of aromatic nitrogens is 1. The number of aromatic carboxylic acids is 1. The van der Waals surface area contributed by atoms with Crippen molar-refractivity contribution in [2.75, 3.05) is 6.54 Å². The normalized spacial score (nSPS) is 12.1. The summed E-state index contributed by atoms with van der Waals surface area (Å²) in [5, 5.41) is 20.2. The van der Waals surface area contributed by atoms with Gasteiger partial charge in [-0.2, -0.15) is 0 Å². The molecule has 0 spiro atoms. The molecular formula is C14H13ClN2O4S. The summed E-state index contributed by atoms with van der Waals surface area (Å²) in [5.74, 6) is -2.39. The highest BCUT2D eigenvalue weighted by molar-refractivity contribution is 7.13. The Morgan fingerprint density at radius 1 is 1.36 bits per heavy atom. The van der Waals surface area contributed by atoms with E-state index in [-0.39, 0.29) is 24.6 Å². The number of carboxylic acids is 2. The van der Waals surface area contributed by atoms with Gasteiger partial charge in [-0.3, -0.25) is 4.79 Å². The number of hydrogen-bond donors (Lipinski definition) is 3. The van der Waals surface area contributed by atoms with Gasteiger partial charge in [-0.15, -0.1) is 11.3 Å². The Balaban J connectivity index is 2.41. The lowest BCUT2D eigenvalue weighted by molar-refractivity contribution is -0.137. The molecule has 1 aromatic carbocycles. The molecular weight excluding hydrogens is 328 g/mol. The first-order valence-electron chi connectivity index (χ1n) is 6.33. The second-order valence-electron chi connectivity index (χ2n) is 4.61. The Labute approximate surface area is 135 Å². The average molecular weight is 341 g/mol. The van der Waals surface area contributed by atoms with Gasteiger partial charge in [0.2, 0.25) is 0 Å². The van der Waals surface area contributed by atoms with Crippen molar-refractivity contribution in [1.82, 2.24) is 4.98 Å². The Kier molecular flexibility index (Phi) is 5.12. The molecule has 0 aliphatic heterocycles. The van der Waals surface area contributed by atoms with Crippen molar-refractivity contribution in [1.29, 1.82) is 0 Å². The predicted octanol–water partition coefficient (Wildman–Crippen LogP) is 2.68. The van der Waals surface area contributed by atoms with Gasteiger partial charge in [-0.25, -0.2) is 9.78 Å². The lowest BCUT2D eigenvalue weighted by atomic mass is 9.94. The molecule has 1 aromatic heterocycles. The molecule has 0 bridgehead atoms. The molecule has 2 aromatic rings. The Bertz CT molecular complexity index is 717. The number of nitrogens with two attached hydrogens (primary N) is 1. The number of thiazole rings is 1. The maximum Gasteiger partial charge on any atom is 0.355 e. The second-order valence-corrected chi connectivity index (χ2v) is 5.88. The van der Waals surface area contributed by atoms with Crippen molar-refractivity contribution in [2.24, 2.45) is 5.73 Å². The number of rotatable bonds is 6. The van der Waals surface area contributed by atoms with Crippen molar-refractivity contribution < 1.29 is 19.8 Å². The minimum absolute atomic E-state index is 0.0534. The van der Waals surface area contributed by atoms with Crippen LogP contribution in [0.4, 0.5) is 0 Å². The van der Waals surface area contributed by atoms with E-state index >= 15 is 0 Å². The van der Waals surface area contributed by atoms with E-state index in [4.69, 9.17) is 27.5 Å². The molecule has 0 fully saturated rings. The predicted molar refractivity (Wildman–Crippen MR) is 83.6 cm³/mol.